The number of fused-ring (bicyclic) bond motifs is 1. The number of likely N-dealkylation sites (tertiary alicyclic amines) is 1. The van der Waals surface area contributed by atoms with E-state index in [1.54, 1.807) is 22.9 Å². The maximum Gasteiger partial charge on any atom is 0.407 e. The van der Waals surface area contributed by atoms with E-state index in [9.17, 15) is 9.90 Å². The lowest BCUT2D eigenvalue weighted by molar-refractivity contribution is -0.0311. The SMILES string of the molecule is COc1cc(-c2nn(CC3(O)CCN(C(=O)O)CC3)c3ncnc(N)c23)ccc1N. The van der Waals surface area contributed by atoms with Gasteiger partial charge in [0, 0.05) is 18.7 Å². The number of rotatable bonds is 4. The van der Waals surface area contributed by atoms with Crippen molar-refractivity contribution < 1.29 is 19.7 Å². The van der Waals surface area contributed by atoms with Crippen LogP contribution in [0.25, 0.3) is 22.3 Å². The van der Waals surface area contributed by atoms with Crippen molar-refractivity contribution in [2.45, 2.75) is 25.0 Å². The Hall–Kier alpha value is -3.60. The van der Waals surface area contributed by atoms with Gasteiger partial charge in [-0.15, -0.1) is 0 Å². The summed E-state index contributed by atoms with van der Waals surface area (Å²) in [6.07, 6.45) is 0.959. The van der Waals surface area contributed by atoms with Gasteiger partial charge in [0.05, 0.1) is 30.3 Å². The number of hydrogen-bond donors (Lipinski definition) is 4. The second kappa shape index (κ2) is 7.34. The summed E-state index contributed by atoms with van der Waals surface area (Å²) in [7, 11) is 1.53. The van der Waals surface area contributed by atoms with Crippen LogP contribution in [0.1, 0.15) is 12.8 Å². The maximum absolute atomic E-state index is 11.1. The van der Waals surface area contributed by atoms with Crippen LogP contribution in [-0.2, 0) is 6.54 Å². The molecule has 30 heavy (non-hydrogen) atoms. The number of nitrogens with two attached hydrogens (primary N) is 2. The molecule has 0 bridgehead atoms. The number of nitrogen functional groups attached to an aromatic ring is 2. The number of ether oxygens (including phenoxy) is 1. The quantitative estimate of drug-likeness (QED) is 0.459. The number of amides is 1. The zero-order valence-electron chi connectivity index (χ0n) is 16.4. The highest BCUT2D eigenvalue weighted by atomic mass is 16.5. The number of methoxy groups -OCH3 is 1. The van der Waals surface area contributed by atoms with E-state index in [0.717, 1.165) is 5.56 Å². The molecule has 0 radical (unpaired) electrons. The highest BCUT2D eigenvalue weighted by Crippen LogP contribution is 2.35. The van der Waals surface area contributed by atoms with Crippen LogP contribution in [0.2, 0.25) is 0 Å². The minimum absolute atomic E-state index is 0.152. The van der Waals surface area contributed by atoms with Crippen molar-refractivity contribution in [3.63, 3.8) is 0 Å². The van der Waals surface area contributed by atoms with Gasteiger partial charge in [-0.3, -0.25) is 0 Å². The number of piperidine rings is 1. The monoisotopic (exact) mass is 413 g/mol. The Morgan fingerprint density at radius 1 is 1.27 bits per heavy atom. The number of carbonyl (C=O) groups is 1. The van der Waals surface area contributed by atoms with Crippen molar-refractivity contribution in [2.24, 2.45) is 0 Å². The molecule has 2 aromatic heterocycles. The predicted molar refractivity (Wildman–Crippen MR) is 110 cm³/mol. The number of carboxylic acid groups (broad SMARTS) is 1. The molecule has 0 spiro atoms. The Morgan fingerprint density at radius 3 is 2.67 bits per heavy atom. The van der Waals surface area contributed by atoms with Crippen molar-refractivity contribution in [3.8, 4) is 17.0 Å². The average Bonchev–Trinajstić information content (AvgIpc) is 3.08. The predicted octanol–water partition coefficient (Wildman–Crippen LogP) is 1.17. The molecule has 0 atom stereocenters. The van der Waals surface area contributed by atoms with Crippen LogP contribution in [-0.4, -0.2) is 66.8 Å². The van der Waals surface area contributed by atoms with E-state index in [1.165, 1.54) is 18.3 Å². The summed E-state index contributed by atoms with van der Waals surface area (Å²) >= 11 is 0. The van der Waals surface area contributed by atoms with Crippen LogP contribution >= 0.6 is 0 Å². The van der Waals surface area contributed by atoms with E-state index in [0.29, 0.717) is 41.0 Å². The van der Waals surface area contributed by atoms with Gasteiger partial charge in [0.2, 0.25) is 0 Å². The Kier molecular flexibility index (Phi) is 4.82. The highest BCUT2D eigenvalue weighted by Gasteiger charge is 2.35. The number of nitrogens with zero attached hydrogens (tertiary/aromatic N) is 5. The molecule has 1 saturated heterocycles. The van der Waals surface area contributed by atoms with Gasteiger partial charge in [-0.05, 0) is 25.0 Å². The molecule has 1 aromatic carbocycles. The zero-order valence-corrected chi connectivity index (χ0v) is 16.4. The fourth-order valence-electron chi connectivity index (χ4n) is 3.75. The number of hydrogen-bond acceptors (Lipinski definition) is 8. The van der Waals surface area contributed by atoms with Gasteiger partial charge in [0.25, 0.3) is 0 Å². The largest absolute Gasteiger partial charge is 0.495 e. The Morgan fingerprint density at radius 2 is 2.00 bits per heavy atom. The molecular weight excluding hydrogens is 390 g/mol. The number of anilines is 2. The Labute approximate surface area is 171 Å². The molecule has 0 unspecified atom stereocenters. The summed E-state index contributed by atoms with van der Waals surface area (Å²) in [5.41, 5.74) is 13.2. The van der Waals surface area contributed by atoms with E-state index in [2.05, 4.69) is 15.1 Å². The third-order valence-corrected chi connectivity index (χ3v) is 5.47. The Balaban J connectivity index is 1.74. The maximum atomic E-state index is 11.1. The second-order valence-corrected chi connectivity index (χ2v) is 7.41. The van der Waals surface area contributed by atoms with Crippen LogP contribution in [0.15, 0.2) is 24.5 Å². The topological polar surface area (TPSA) is 166 Å². The molecule has 158 valence electrons. The van der Waals surface area contributed by atoms with Crippen molar-refractivity contribution in [1.82, 2.24) is 24.6 Å². The molecule has 0 aliphatic carbocycles. The summed E-state index contributed by atoms with van der Waals surface area (Å²) in [6, 6.07) is 5.28. The first-order valence-electron chi connectivity index (χ1n) is 9.42. The number of aliphatic hydroxyl groups is 1. The first-order chi connectivity index (χ1) is 14.3. The van der Waals surface area contributed by atoms with Crippen molar-refractivity contribution in [3.05, 3.63) is 24.5 Å². The molecule has 11 heteroatoms. The van der Waals surface area contributed by atoms with Gasteiger partial charge < -0.3 is 31.3 Å². The fraction of sp³-hybridized carbons (Fsp3) is 0.368. The highest BCUT2D eigenvalue weighted by molar-refractivity contribution is 5.98. The van der Waals surface area contributed by atoms with E-state index >= 15 is 0 Å². The molecule has 1 amide bonds. The number of aromatic nitrogens is 4. The van der Waals surface area contributed by atoms with Gasteiger partial charge in [-0.2, -0.15) is 5.10 Å². The van der Waals surface area contributed by atoms with Crippen LogP contribution < -0.4 is 16.2 Å². The van der Waals surface area contributed by atoms with Crippen molar-refractivity contribution in [2.75, 3.05) is 31.7 Å². The molecular formula is C19H23N7O4. The van der Waals surface area contributed by atoms with E-state index in [-0.39, 0.29) is 25.5 Å². The minimum Gasteiger partial charge on any atom is -0.495 e. The van der Waals surface area contributed by atoms with Crippen molar-refractivity contribution >= 4 is 28.6 Å². The van der Waals surface area contributed by atoms with E-state index in [4.69, 9.17) is 21.3 Å². The summed E-state index contributed by atoms with van der Waals surface area (Å²) in [6.45, 7) is 0.661. The number of benzene rings is 1. The molecule has 3 heterocycles. The minimum atomic E-state index is -1.11. The molecule has 3 aromatic rings. The lowest BCUT2D eigenvalue weighted by Crippen LogP contribution is -2.48. The molecule has 4 rings (SSSR count). The van der Waals surface area contributed by atoms with Gasteiger partial charge in [0.15, 0.2) is 5.65 Å². The normalized spacial score (nSPS) is 16.0. The molecule has 1 aliphatic heterocycles. The van der Waals surface area contributed by atoms with Crippen LogP contribution in [0.4, 0.5) is 16.3 Å². The van der Waals surface area contributed by atoms with Crippen LogP contribution in [0, 0.1) is 0 Å². The van der Waals surface area contributed by atoms with Gasteiger partial charge in [0.1, 0.15) is 23.6 Å². The smallest absolute Gasteiger partial charge is 0.407 e. The standard InChI is InChI=1S/C19H23N7O4/c1-30-13-8-11(2-3-12(13)20)15-14-16(21)22-10-23-17(14)26(24-15)9-19(29)4-6-25(7-5-19)18(27)28/h2-3,8,10,29H,4-7,9,20H2,1H3,(H,27,28)(H2,21,22,23). The van der Waals surface area contributed by atoms with Crippen molar-refractivity contribution in [1.29, 1.82) is 0 Å². The van der Waals surface area contributed by atoms with Gasteiger partial charge >= 0.3 is 6.09 Å². The van der Waals surface area contributed by atoms with E-state index < -0.39 is 11.7 Å². The third kappa shape index (κ3) is 3.43. The average molecular weight is 413 g/mol. The molecule has 6 N–H and O–H groups in total. The molecule has 1 fully saturated rings. The van der Waals surface area contributed by atoms with Crippen LogP contribution in [0.5, 0.6) is 5.75 Å². The first-order valence-corrected chi connectivity index (χ1v) is 9.42. The fourth-order valence-corrected chi connectivity index (χ4v) is 3.75. The van der Waals surface area contributed by atoms with Gasteiger partial charge in [-0.25, -0.2) is 19.4 Å². The molecule has 1 aliphatic rings. The summed E-state index contributed by atoms with van der Waals surface area (Å²) in [5.74, 6) is 0.773. The first kappa shape index (κ1) is 19.7. The second-order valence-electron chi connectivity index (χ2n) is 7.41. The molecule has 11 nitrogen and oxygen atoms in total. The summed E-state index contributed by atoms with van der Waals surface area (Å²) in [4.78, 5) is 20.9. The lowest BCUT2D eigenvalue weighted by Gasteiger charge is -2.36. The zero-order chi connectivity index (χ0) is 21.5. The molecule has 0 saturated carbocycles. The van der Waals surface area contributed by atoms with Gasteiger partial charge in [-0.1, -0.05) is 6.07 Å². The lowest BCUT2D eigenvalue weighted by atomic mass is 9.91. The summed E-state index contributed by atoms with van der Waals surface area (Å²) < 4.78 is 6.91. The van der Waals surface area contributed by atoms with Crippen LogP contribution in [0.3, 0.4) is 0 Å². The summed E-state index contributed by atoms with van der Waals surface area (Å²) in [5, 5.41) is 25.4. The third-order valence-electron chi connectivity index (χ3n) is 5.47. The Bertz CT molecular complexity index is 1110. The van der Waals surface area contributed by atoms with E-state index in [1.807, 2.05) is 0 Å².